The number of aromatic nitrogens is 5. The number of aryl methyl sites for hydroxylation is 2. The Morgan fingerprint density at radius 2 is 2.12 bits per heavy atom. The van der Waals surface area contributed by atoms with Gasteiger partial charge in [0.05, 0.1) is 18.3 Å². The fourth-order valence-corrected chi connectivity index (χ4v) is 4.05. The largest absolute Gasteiger partial charge is 0.344 e. The van der Waals surface area contributed by atoms with Crippen LogP contribution in [0.4, 0.5) is 0 Å². The first kappa shape index (κ1) is 15.8. The third kappa shape index (κ3) is 3.11. The van der Waals surface area contributed by atoms with E-state index in [2.05, 4.69) is 38.5 Å². The number of nitrogens with zero attached hydrogens (tertiary/aromatic N) is 5. The lowest BCUT2D eigenvalue weighted by atomic mass is 10.0. The molecule has 1 aliphatic heterocycles. The molecule has 0 bridgehead atoms. The molecule has 0 saturated carbocycles. The Bertz CT molecular complexity index is 662. The van der Waals surface area contributed by atoms with Crippen LogP contribution in [-0.2, 0) is 25.9 Å². The van der Waals surface area contributed by atoms with Gasteiger partial charge in [0.15, 0.2) is 0 Å². The van der Waals surface area contributed by atoms with Crippen LogP contribution >= 0.6 is 0 Å². The van der Waals surface area contributed by atoms with Crippen LogP contribution in [0.15, 0.2) is 6.33 Å². The fourth-order valence-electron chi connectivity index (χ4n) is 4.05. The van der Waals surface area contributed by atoms with E-state index in [9.17, 15) is 0 Å². The topological polar surface area (TPSA) is 62.6 Å². The lowest BCUT2D eigenvalue weighted by molar-refractivity contribution is 0.228. The van der Waals surface area contributed by atoms with Crippen molar-refractivity contribution in [2.24, 2.45) is 5.92 Å². The van der Waals surface area contributed by atoms with E-state index in [0.717, 1.165) is 38.3 Å². The van der Waals surface area contributed by atoms with E-state index in [1.165, 1.54) is 42.9 Å². The van der Waals surface area contributed by atoms with Gasteiger partial charge in [-0.15, -0.1) is 0 Å². The third-order valence-electron chi connectivity index (χ3n) is 5.23. The normalized spacial score (nSPS) is 21.5. The maximum Gasteiger partial charge on any atom is 0.141 e. The molecule has 24 heavy (non-hydrogen) atoms. The summed E-state index contributed by atoms with van der Waals surface area (Å²) >= 11 is 0. The van der Waals surface area contributed by atoms with Gasteiger partial charge in [0.25, 0.3) is 0 Å². The third-order valence-corrected chi connectivity index (χ3v) is 5.23. The van der Waals surface area contributed by atoms with Gasteiger partial charge in [-0.25, -0.2) is 14.6 Å². The summed E-state index contributed by atoms with van der Waals surface area (Å²) in [6, 6.07) is 0.403. The first-order chi connectivity index (χ1) is 11.7. The lowest BCUT2D eigenvalue weighted by Crippen LogP contribution is -2.26. The predicted molar refractivity (Wildman–Crippen MR) is 92.5 cm³/mol. The number of H-pyrrole nitrogens is 1. The molecule has 130 valence electrons. The summed E-state index contributed by atoms with van der Waals surface area (Å²) in [5.41, 5.74) is 2.69. The van der Waals surface area contributed by atoms with E-state index in [1.54, 1.807) is 6.33 Å². The highest BCUT2D eigenvalue weighted by atomic mass is 15.4. The molecule has 1 saturated heterocycles. The van der Waals surface area contributed by atoms with E-state index in [0.29, 0.717) is 12.0 Å². The van der Waals surface area contributed by atoms with Crippen molar-refractivity contribution < 1.29 is 0 Å². The SMILES string of the molecule is CC(C)Cn1ncnc1CN1CCCC1c1nc2c([nH]1)CCCC2. The number of hydrogen-bond acceptors (Lipinski definition) is 4. The Kier molecular flexibility index (Phi) is 4.39. The highest BCUT2D eigenvalue weighted by Gasteiger charge is 2.30. The molecular formula is C18H28N6. The number of imidazole rings is 1. The molecule has 1 atom stereocenters. The summed E-state index contributed by atoms with van der Waals surface area (Å²) in [6.07, 6.45) is 8.98. The average molecular weight is 328 g/mol. The molecule has 6 heteroatoms. The van der Waals surface area contributed by atoms with Crippen LogP contribution < -0.4 is 0 Å². The number of rotatable bonds is 5. The molecule has 2 aliphatic rings. The standard InChI is InChI=1S/C18H28N6/c1-13(2)10-24-17(19-12-20-24)11-23-9-5-8-16(23)18-21-14-6-3-4-7-15(14)22-18/h12-13,16H,3-11H2,1-2H3,(H,21,22). The van der Waals surface area contributed by atoms with Crippen LogP contribution in [0, 0.1) is 5.92 Å². The van der Waals surface area contributed by atoms with Gasteiger partial charge < -0.3 is 4.98 Å². The molecule has 2 aromatic rings. The molecule has 3 heterocycles. The van der Waals surface area contributed by atoms with Crippen LogP contribution in [0.25, 0.3) is 0 Å². The molecule has 0 spiro atoms. The van der Waals surface area contributed by atoms with Crippen LogP contribution in [0.5, 0.6) is 0 Å². The van der Waals surface area contributed by atoms with E-state index >= 15 is 0 Å². The van der Waals surface area contributed by atoms with Crippen molar-refractivity contribution in [1.29, 1.82) is 0 Å². The monoisotopic (exact) mass is 328 g/mol. The summed E-state index contributed by atoms with van der Waals surface area (Å²) in [4.78, 5) is 15.6. The number of hydrogen-bond donors (Lipinski definition) is 1. The van der Waals surface area contributed by atoms with Gasteiger partial charge in [-0.05, 0) is 51.0 Å². The van der Waals surface area contributed by atoms with Gasteiger partial charge >= 0.3 is 0 Å². The highest BCUT2D eigenvalue weighted by molar-refractivity contribution is 5.19. The fraction of sp³-hybridized carbons (Fsp3) is 0.722. The van der Waals surface area contributed by atoms with Crippen molar-refractivity contribution in [2.45, 2.75) is 71.5 Å². The van der Waals surface area contributed by atoms with Crippen molar-refractivity contribution in [3.05, 3.63) is 29.4 Å². The van der Waals surface area contributed by atoms with Gasteiger partial charge in [-0.1, -0.05) is 13.8 Å². The number of nitrogens with one attached hydrogen (secondary N) is 1. The van der Waals surface area contributed by atoms with Gasteiger partial charge in [0.2, 0.25) is 0 Å². The molecule has 0 radical (unpaired) electrons. The summed E-state index contributed by atoms with van der Waals surface area (Å²) in [5, 5.41) is 4.40. The second-order valence-electron chi connectivity index (χ2n) is 7.64. The van der Waals surface area contributed by atoms with E-state index < -0.39 is 0 Å². The van der Waals surface area contributed by atoms with E-state index in [4.69, 9.17) is 4.98 Å². The van der Waals surface area contributed by atoms with Gasteiger partial charge in [0.1, 0.15) is 18.0 Å². The zero-order valence-electron chi connectivity index (χ0n) is 14.8. The van der Waals surface area contributed by atoms with Crippen molar-refractivity contribution in [3.8, 4) is 0 Å². The van der Waals surface area contributed by atoms with Crippen molar-refractivity contribution >= 4 is 0 Å². The molecule has 1 N–H and O–H groups in total. The van der Waals surface area contributed by atoms with Gasteiger partial charge in [-0.2, -0.15) is 5.10 Å². The predicted octanol–water partition coefficient (Wildman–Crippen LogP) is 2.87. The molecule has 0 aromatic carbocycles. The first-order valence-electron chi connectivity index (χ1n) is 9.39. The van der Waals surface area contributed by atoms with Crippen LogP contribution in [0.1, 0.15) is 68.6 Å². The highest BCUT2D eigenvalue weighted by Crippen LogP contribution is 2.33. The van der Waals surface area contributed by atoms with Gasteiger partial charge in [0, 0.05) is 12.2 Å². The van der Waals surface area contributed by atoms with E-state index in [-0.39, 0.29) is 0 Å². The Morgan fingerprint density at radius 3 is 2.96 bits per heavy atom. The summed E-state index contributed by atoms with van der Waals surface area (Å²) in [6.45, 7) is 7.35. The summed E-state index contributed by atoms with van der Waals surface area (Å²) in [7, 11) is 0. The molecule has 1 aliphatic carbocycles. The van der Waals surface area contributed by atoms with Crippen LogP contribution in [-0.4, -0.2) is 36.2 Å². The minimum atomic E-state index is 0.403. The van der Waals surface area contributed by atoms with Crippen molar-refractivity contribution in [3.63, 3.8) is 0 Å². The summed E-state index contributed by atoms with van der Waals surface area (Å²) in [5.74, 6) is 2.83. The zero-order valence-corrected chi connectivity index (χ0v) is 14.8. The van der Waals surface area contributed by atoms with Gasteiger partial charge in [-0.3, -0.25) is 4.90 Å². The second kappa shape index (κ2) is 6.67. The van der Waals surface area contributed by atoms with Crippen molar-refractivity contribution in [2.75, 3.05) is 6.54 Å². The Labute approximate surface area is 143 Å². The number of aromatic amines is 1. The molecule has 6 nitrogen and oxygen atoms in total. The molecule has 4 rings (SSSR count). The quantitative estimate of drug-likeness (QED) is 0.917. The Balaban J connectivity index is 1.51. The summed E-state index contributed by atoms with van der Waals surface area (Å²) < 4.78 is 2.06. The zero-order chi connectivity index (χ0) is 16.5. The number of fused-ring (bicyclic) bond motifs is 1. The molecule has 1 fully saturated rings. The second-order valence-corrected chi connectivity index (χ2v) is 7.64. The van der Waals surface area contributed by atoms with Crippen LogP contribution in [0.3, 0.4) is 0 Å². The Hall–Kier alpha value is -1.69. The molecule has 1 unspecified atom stereocenters. The molecule has 2 aromatic heterocycles. The minimum absolute atomic E-state index is 0.403. The maximum atomic E-state index is 4.94. The molecule has 0 amide bonds. The smallest absolute Gasteiger partial charge is 0.141 e. The lowest BCUT2D eigenvalue weighted by Gasteiger charge is -2.22. The van der Waals surface area contributed by atoms with Crippen molar-refractivity contribution in [1.82, 2.24) is 29.6 Å². The number of likely N-dealkylation sites (tertiary alicyclic amines) is 1. The molecular weight excluding hydrogens is 300 g/mol. The first-order valence-corrected chi connectivity index (χ1v) is 9.39. The minimum Gasteiger partial charge on any atom is -0.344 e. The Morgan fingerprint density at radius 1 is 1.25 bits per heavy atom. The maximum absolute atomic E-state index is 4.94. The average Bonchev–Trinajstić information content (AvgIpc) is 3.27. The van der Waals surface area contributed by atoms with E-state index in [1.807, 2.05) is 0 Å². The van der Waals surface area contributed by atoms with Crippen LogP contribution in [0.2, 0.25) is 0 Å².